The minimum atomic E-state index is -0.412. The summed E-state index contributed by atoms with van der Waals surface area (Å²) in [5.74, 6) is -1.04. The van der Waals surface area contributed by atoms with Crippen molar-refractivity contribution in [3.8, 4) is 0 Å². The second kappa shape index (κ2) is 7.71. The van der Waals surface area contributed by atoms with E-state index in [1.54, 1.807) is 0 Å². The van der Waals surface area contributed by atoms with Crippen LogP contribution in [0.3, 0.4) is 0 Å². The van der Waals surface area contributed by atoms with Gasteiger partial charge in [-0.1, -0.05) is 0 Å². The van der Waals surface area contributed by atoms with Crippen molar-refractivity contribution < 1.29 is 18.8 Å². The van der Waals surface area contributed by atoms with E-state index in [1.807, 2.05) is 7.05 Å². The van der Waals surface area contributed by atoms with Crippen LogP contribution < -0.4 is 0 Å². The maximum absolute atomic E-state index is 13.0. The monoisotopic (exact) mass is 423 g/mol. The summed E-state index contributed by atoms with van der Waals surface area (Å²) in [6, 6.07) is 5.95. The summed E-state index contributed by atoms with van der Waals surface area (Å²) in [6.45, 7) is 4.15. The van der Waals surface area contributed by atoms with Crippen molar-refractivity contribution in [2.24, 2.45) is 5.92 Å². The normalized spacial score (nSPS) is 25.5. The topological polar surface area (TPSA) is 60.9 Å². The van der Waals surface area contributed by atoms with Gasteiger partial charge in [0.05, 0.1) is 11.4 Å². The quantitative estimate of drug-likeness (QED) is 0.410. The van der Waals surface area contributed by atoms with E-state index in [9.17, 15) is 18.8 Å². The zero-order valence-electron chi connectivity index (χ0n) is 17.6. The van der Waals surface area contributed by atoms with Crippen LogP contribution in [0.5, 0.6) is 0 Å². The van der Waals surface area contributed by atoms with Crippen LogP contribution in [0.2, 0.25) is 0 Å². The third-order valence-corrected chi connectivity index (χ3v) is 7.08. The van der Waals surface area contributed by atoms with Gasteiger partial charge in [-0.15, -0.1) is 0 Å². The first-order valence-electron chi connectivity index (χ1n) is 11.0. The first-order valence-corrected chi connectivity index (χ1v) is 11.0. The second-order valence-electron chi connectivity index (χ2n) is 8.90. The van der Waals surface area contributed by atoms with E-state index in [1.165, 1.54) is 30.3 Å². The lowest BCUT2D eigenvalue weighted by molar-refractivity contribution is -0.132. The molecule has 0 amide bonds. The summed E-state index contributed by atoms with van der Waals surface area (Å²) in [7, 11) is 1.98. The molecule has 0 bridgehead atoms. The molecular formula is C24H26FN3O3. The number of fused-ring (bicyclic) bond motifs is 3. The second-order valence-corrected chi connectivity index (χ2v) is 8.90. The molecule has 5 rings (SSSR count). The van der Waals surface area contributed by atoms with Gasteiger partial charge in [0.1, 0.15) is 5.82 Å². The Morgan fingerprint density at radius 1 is 1.13 bits per heavy atom. The Bertz CT molecular complexity index is 1010. The maximum Gasteiger partial charge on any atom is 0.231 e. The highest BCUT2D eigenvalue weighted by atomic mass is 19.1. The Balaban J connectivity index is 1.26. The number of carbonyl (C=O) groups excluding carboxylic acids is 3. The molecule has 4 aliphatic rings. The molecule has 0 aromatic heterocycles. The predicted octanol–water partition coefficient (Wildman–Crippen LogP) is 2.03. The number of allylic oxidation sites excluding steroid dienone is 1. The molecule has 162 valence electrons. The molecule has 2 fully saturated rings. The number of carbonyl (C=O) groups is 3. The standard InChI is InChI=1S/C24H26FN3O3/c1-26-11-12-28-18-8-10-27(9-2-3-20(29)15-4-6-16(25)7-5-15)14-17(18)22-23(28)19(26)13-21(30)24(22)31/h4-7,13,17-18H,2-3,8-12,14H2,1H3/t17-,18+/m1/s1. The number of halogens is 1. The highest BCUT2D eigenvalue weighted by molar-refractivity contribution is 6.48. The molecule has 3 aliphatic heterocycles. The fraction of sp³-hybridized carbons (Fsp3) is 0.458. The van der Waals surface area contributed by atoms with E-state index in [4.69, 9.17) is 0 Å². The number of likely N-dealkylation sites (N-methyl/N-ethyl adjacent to an activating group) is 1. The van der Waals surface area contributed by atoms with Gasteiger partial charge in [-0.3, -0.25) is 14.4 Å². The van der Waals surface area contributed by atoms with Crippen molar-refractivity contribution in [2.45, 2.75) is 25.3 Å². The van der Waals surface area contributed by atoms with Gasteiger partial charge in [0.2, 0.25) is 11.6 Å². The summed E-state index contributed by atoms with van der Waals surface area (Å²) in [5, 5.41) is 0. The van der Waals surface area contributed by atoms with Gasteiger partial charge in [-0.25, -0.2) is 4.39 Å². The number of nitrogens with zero attached hydrogens (tertiary/aromatic N) is 3. The third kappa shape index (κ3) is 3.41. The first-order chi connectivity index (χ1) is 14.9. The van der Waals surface area contributed by atoms with Gasteiger partial charge >= 0.3 is 0 Å². The predicted molar refractivity (Wildman–Crippen MR) is 113 cm³/mol. The molecule has 2 saturated heterocycles. The number of rotatable bonds is 5. The lowest BCUT2D eigenvalue weighted by atomic mass is 9.83. The van der Waals surface area contributed by atoms with Crippen LogP contribution in [0, 0.1) is 11.7 Å². The summed E-state index contributed by atoms with van der Waals surface area (Å²) >= 11 is 0. The van der Waals surface area contributed by atoms with Crippen molar-refractivity contribution in [2.75, 3.05) is 39.8 Å². The minimum Gasteiger partial charge on any atom is -0.371 e. The molecule has 7 heteroatoms. The fourth-order valence-corrected chi connectivity index (χ4v) is 5.51. The van der Waals surface area contributed by atoms with Crippen LogP contribution in [0.15, 0.2) is 47.3 Å². The van der Waals surface area contributed by atoms with Crippen LogP contribution in [0.25, 0.3) is 0 Å². The lowest BCUT2D eigenvalue weighted by Gasteiger charge is -2.43. The molecule has 1 aromatic carbocycles. The Hall–Kier alpha value is -2.80. The SMILES string of the molecule is CN1CCN2C3=C(C(=O)C(=O)C=C31)[C@@H]1CN(CCCC(=O)c3ccc(F)cc3)CC[C@@H]12. The lowest BCUT2D eigenvalue weighted by Crippen LogP contribution is -2.50. The van der Waals surface area contributed by atoms with Crippen LogP contribution in [-0.2, 0) is 9.59 Å². The van der Waals surface area contributed by atoms with Gasteiger partial charge in [-0.05, 0) is 43.7 Å². The molecule has 1 aliphatic carbocycles. The third-order valence-electron chi connectivity index (χ3n) is 7.08. The average molecular weight is 423 g/mol. The van der Waals surface area contributed by atoms with Gasteiger partial charge < -0.3 is 14.7 Å². The summed E-state index contributed by atoms with van der Waals surface area (Å²) < 4.78 is 13.0. The first kappa shape index (κ1) is 20.1. The molecule has 0 N–H and O–H groups in total. The van der Waals surface area contributed by atoms with Gasteiger partial charge in [0.25, 0.3) is 0 Å². The van der Waals surface area contributed by atoms with E-state index in [0.29, 0.717) is 24.0 Å². The summed E-state index contributed by atoms with van der Waals surface area (Å²) in [4.78, 5) is 44.3. The summed E-state index contributed by atoms with van der Waals surface area (Å²) in [6.07, 6.45) is 3.57. The number of benzene rings is 1. The molecular weight excluding hydrogens is 397 g/mol. The Kier molecular flexibility index (Phi) is 5.01. The van der Waals surface area contributed by atoms with Crippen LogP contribution in [0.4, 0.5) is 4.39 Å². The molecule has 31 heavy (non-hydrogen) atoms. The molecule has 0 saturated carbocycles. The molecule has 2 atom stereocenters. The van der Waals surface area contributed by atoms with Crippen molar-refractivity contribution in [1.29, 1.82) is 0 Å². The number of hydrogen-bond donors (Lipinski definition) is 0. The molecule has 0 unspecified atom stereocenters. The smallest absolute Gasteiger partial charge is 0.231 e. The van der Waals surface area contributed by atoms with Crippen molar-refractivity contribution in [3.05, 3.63) is 58.7 Å². The van der Waals surface area contributed by atoms with Crippen molar-refractivity contribution in [1.82, 2.24) is 14.7 Å². The Morgan fingerprint density at radius 2 is 1.90 bits per heavy atom. The van der Waals surface area contributed by atoms with E-state index in [2.05, 4.69) is 14.7 Å². The van der Waals surface area contributed by atoms with Crippen molar-refractivity contribution in [3.63, 3.8) is 0 Å². The number of piperidine rings is 1. The van der Waals surface area contributed by atoms with E-state index in [0.717, 1.165) is 50.5 Å². The highest BCUT2D eigenvalue weighted by Gasteiger charge is 2.51. The number of piperazine rings is 1. The van der Waals surface area contributed by atoms with Gasteiger partial charge in [0, 0.05) is 68.8 Å². The Labute approximate surface area is 181 Å². The largest absolute Gasteiger partial charge is 0.371 e. The zero-order valence-corrected chi connectivity index (χ0v) is 17.6. The number of ketones is 3. The Morgan fingerprint density at radius 3 is 2.68 bits per heavy atom. The van der Waals surface area contributed by atoms with Crippen LogP contribution >= 0.6 is 0 Å². The number of Topliss-reactive ketones (excluding diaryl/α,β-unsaturated/α-hetero) is 2. The van der Waals surface area contributed by atoms with Crippen LogP contribution in [-0.4, -0.2) is 77.9 Å². The van der Waals surface area contributed by atoms with E-state index < -0.39 is 5.78 Å². The van der Waals surface area contributed by atoms with Gasteiger partial charge in [-0.2, -0.15) is 0 Å². The average Bonchev–Trinajstić information content (AvgIpc) is 3.09. The molecule has 0 spiro atoms. The summed E-state index contributed by atoms with van der Waals surface area (Å²) in [5.41, 5.74) is 3.10. The fourth-order valence-electron chi connectivity index (χ4n) is 5.51. The van der Waals surface area contributed by atoms with E-state index >= 15 is 0 Å². The number of hydrogen-bond acceptors (Lipinski definition) is 6. The number of likely N-dealkylation sites (tertiary alicyclic amines) is 1. The molecule has 6 nitrogen and oxygen atoms in total. The van der Waals surface area contributed by atoms with Crippen molar-refractivity contribution >= 4 is 17.3 Å². The molecule has 0 radical (unpaired) electrons. The van der Waals surface area contributed by atoms with Gasteiger partial charge in [0.15, 0.2) is 5.78 Å². The van der Waals surface area contributed by atoms with Crippen LogP contribution in [0.1, 0.15) is 29.6 Å². The highest BCUT2D eigenvalue weighted by Crippen LogP contribution is 2.45. The molecule has 1 aromatic rings. The zero-order chi connectivity index (χ0) is 21.7. The van der Waals surface area contributed by atoms with E-state index in [-0.39, 0.29) is 29.3 Å². The maximum atomic E-state index is 13.0. The molecule has 3 heterocycles. The minimum absolute atomic E-state index is 0.0173.